The highest BCUT2D eigenvalue weighted by Crippen LogP contribution is 2.22. The number of nitrogens with zero attached hydrogens (tertiary/aromatic N) is 3. The molecular formula is C20H22N4O. The molecule has 3 rings (SSSR count). The van der Waals surface area contributed by atoms with E-state index in [2.05, 4.69) is 32.3 Å². The van der Waals surface area contributed by atoms with Gasteiger partial charge in [0.05, 0.1) is 11.8 Å². The quantitative estimate of drug-likeness (QED) is 0.724. The van der Waals surface area contributed by atoms with Crippen molar-refractivity contribution in [3.63, 3.8) is 0 Å². The molecular weight excluding hydrogens is 312 g/mol. The molecule has 0 saturated carbocycles. The van der Waals surface area contributed by atoms with Gasteiger partial charge < -0.3 is 15.3 Å². The van der Waals surface area contributed by atoms with E-state index in [0.29, 0.717) is 12.4 Å². The first-order chi connectivity index (χ1) is 12.1. The number of benzene rings is 2. The van der Waals surface area contributed by atoms with Crippen LogP contribution in [0, 0.1) is 0 Å². The van der Waals surface area contributed by atoms with E-state index in [1.165, 1.54) is 6.33 Å². The lowest BCUT2D eigenvalue weighted by Crippen LogP contribution is -2.13. The van der Waals surface area contributed by atoms with Crippen LogP contribution < -0.4 is 10.2 Å². The number of rotatable bonds is 6. The average molecular weight is 334 g/mol. The molecule has 1 atom stereocenters. The van der Waals surface area contributed by atoms with Crippen molar-refractivity contribution in [2.45, 2.75) is 6.10 Å². The molecule has 0 aliphatic heterocycles. The summed E-state index contributed by atoms with van der Waals surface area (Å²) in [5.74, 6) is 0.691. The summed E-state index contributed by atoms with van der Waals surface area (Å²) in [5.41, 5.74) is 3.89. The van der Waals surface area contributed by atoms with Gasteiger partial charge in [0.25, 0.3) is 0 Å². The number of aliphatic hydroxyl groups is 1. The number of hydrogen-bond acceptors (Lipinski definition) is 5. The number of aliphatic hydroxyl groups excluding tert-OH is 1. The summed E-state index contributed by atoms with van der Waals surface area (Å²) in [6, 6.07) is 19.7. The smallest absolute Gasteiger partial charge is 0.130 e. The molecule has 0 amide bonds. The predicted molar refractivity (Wildman–Crippen MR) is 102 cm³/mol. The predicted octanol–water partition coefficient (Wildman–Crippen LogP) is 3.36. The topological polar surface area (TPSA) is 61.3 Å². The van der Waals surface area contributed by atoms with Crippen LogP contribution >= 0.6 is 0 Å². The van der Waals surface area contributed by atoms with Gasteiger partial charge in [0.15, 0.2) is 0 Å². The fraction of sp³-hybridized carbons (Fsp3) is 0.200. The van der Waals surface area contributed by atoms with E-state index in [9.17, 15) is 5.11 Å². The first-order valence-electron chi connectivity index (χ1n) is 8.20. The lowest BCUT2D eigenvalue weighted by molar-refractivity contribution is 0.191. The minimum Gasteiger partial charge on any atom is -0.387 e. The number of hydrogen-bond donors (Lipinski definition) is 2. The lowest BCUT2D eigenvalue weighted by Gasteiger charge is -2.14. The average Bonchev–Trinajstić information content (AvgIpc) is 2.67. The van der Waals surface area contributed by atoms with Crippen LogP contribution in [0.15, 0.2) is 67.0 Å². The van der Waals surface area contributed by atoms with Crippen LogP contribution in [0.1, 0.15) is 11.7 Å². The van der Waals surface area contributed by atoms with Gasteiger partial charge in [-0.1, -0.05) is 42.5 Å². The monoisotopic (exact) mass is 334 g/mol. The summed E-state index contributed by atoms with van der Waals surface area (Å²) in [7, 11) is 4.03. The molecule has 0 fully saturated rings. The van der Waals surface area contributed by atoms with E-state index in [0.717, 1.165) is 22.5 Å². The first kappa shape index (κ1) is 16.9. The standard InChI is InChI=1S/C20H22N4O/c1-24(2)17-10-8-15(9-11-17)18-12-20(23-14-22-18)21-13-19(25)16-6-4-3-5-7-16/h3-12,14,19,25H,13H2,1-2H3,(H,21,22,23)/t19-/m0/s1. The molecule has 0 radical (unpaired) electrons. The summed E-state index contributed by atoms with van der Waals surface area (Å²) in [6.45, 7) is 0.389. The van der Waals surface area contributed by atoms with Gasteiger partial charge in [0.2, 0.25) is 0 Å². The molecule has 1 heterocycles. The van der Waals surface area contributed by atoms with Crippen molar-refractivity contribution in [1.29, 1.82) is 0 Å². The van der Waals surface area contributed by atoms with Crippen LogP contribution in [0.25, 0.3) is 11.3 Å². The Morgan fingerprint density at radius 3 is 2.40 bits per heavy atom. The Hall–Kier alpha value is -2.92. The zero-order valence-corrected chi connectivity index (χ0v) is 14.4. The van der Waals surface area contributed by atoms with E-state index >= 15 is 0 Å². The van der Waals surface area contributed by atoms with Crippen LogP contribution in [0.2, 0.25) is 0 Å². The van der Waals surface area contributed by atoms with Crippen LogP contribution in [-0.4, -0.2) is 35.7 Å². The van der Waals surface area contributed by atoms with Gasteiger partial charge in [0, 0.05) is 38.0 Å². The van der Waals surface area contributed by atoms with Gasteiger partial charge in [-0.2, -0.15) is 0 Å². The fourth-order valence-corrected chi connectivity index (χ4v) is 2.54. The number of anilines is 2. The van der Waals surface area contributed by atoms with Gasteiger partial charge in [-0.05, 0) is 17.7 Å². The van der Waals surface area contributed by atoms with Gasteiger partial charge in [-0.15, -0.1) is 0 Å². The molecule has 3 aromatic rings. The zero-order chi connectivity index (χ0) is 17.6. The maximum absolute atomic E-state index is 10.2. The molecule has 0 aliphatic carbocycles. The normalized spacial score (nSPS) is 11.8. The molecule has 0 spiro atoms. The Morgan fingerprint density at radius 1 is 1.00 bits per heavy atom. The Balaban J connectivity index is 1.69. The fourth-order valence-electron chi connectivity index (χ4n) is 2.54. The number of aromatic nitrogens is 2. The highest BCUT2D eigenvalue weighted by Gasteiger charge is 2.08. The van der Waals surface area contributed by atoms with Crippen molar-refractivity contribution in [1.82, 2.24) is 9.97 Å². The first-order valence-corrected chi connectivity index (χ1v) is 8.20. The maximum Gasteiger partial charge on any atom is 0.130 e. The van der Waals surface area contributed by atoms with Gasteiger partial charge >= 0.3 is 0 Å². The molecule has 2 aromatic carbocycles. The number of nitrogens with one attached hydrogen (secondary N) is 1. The molecule has 2 N–H and O–H groups in total. The molecule has 0 bridgehead atoms. The summed E-state index contributed by atoms with van der Waals surface area (Å²) in [6.07, 6.45) is 0.950. The van der Waals surface area contributed by atoms with E-state index in [1.807, 2.05) is 62.6 Å². The molecule has 5 heteroatoms. The highest BCUT2D eigenvalue weighted by molar-refractivity contribution is 5.65. The molecule has 0 aliphatic rings. The zero-order valence-electron chi connectivity index (χ0n) is 14.4. The SMILES string of the molecule is CN(C)c1ccc(-c2cc(NC[C@H](O)c3ccccc3)ncn2)cc1. The summed E-state index contributed by atoms with van der Waals surface area (Å²) < 4.78 is 0. The third-order valence-electron chi connectivity index (χ3n) is 4.01. The van der Waals surface area contributed by atoms with Crippen molar-refractivity contribution in [3.8, 4) is 11.3 Å². The van der Waals surface area contributed by atoms with E-state index < -0.39 is 6.10 Å². The second kappa shape index (κ2) is 7.77. The van der Waals surface area contributed by atoms with Crippen molar-refractivity contribution in [2.75, 3.05) is 30.9 Å². The lowest BCUT2D eigenvalue weighted by atomic mass is 10.1. The van der Waals surface area contributed by atoms with Crippen LogP contribution in [-0.2, 0) is 0 Å². The van der Waals surface area contributed by atoms with E-state index in [4.69, 9.17) is 0 Å². The van der Waals surface area contributed by atoms with Crippen molar-refractivity contribution < 1.29 is 5.11 Å². The van der Waals surface area contributed by atoms with Gasteiger partial charge in [-0.3, -0.25) is 0 Å². The Kier molecular flexibility index (Phi) is 5.26. The van der Waals surface area contributed by atoms with E-state index in [1.54, 1.807) is 0 Å². The minimum atomic E-state index is -0.584. The molecule has 128 valence electrons. The molecule has 1 aromatic heterocycles. The van der Waals surface area contributed by atoms with E-state index in [-0.39, 0.29) is 0 Å². The molecule has 0 saturated heterocycles. The minimum absolute atomic E-state index is 0.389. The van der Waals surface area contributed by atoms with Gasteiger partial charge in [-0.25, -0.2) is 9.97 Å². The van der Waals surface area contributed by atoms with Crippen LogP contribution in [0.3, 0.4) is 0 Å². The third-order valence-corrected chi connectivity index (χ3v) is 4.01. The summed E-state index contributed by atoms with van der Waals surface area (Å²) >= 11 is 0. The largest absolute Gasteiger partial charge is 0.387 e. The summed E-state index contributed by atoms with van der Waals surface area (Å²) in [4.78, 5) is 10.6. The van der Waals surface area contributed by atoms with Crippen molar-refractivity contribution in [2.24, 2.45) is 0 Å². The molecule has 5 nitrogen and oxygen atoms in total. The van der Waals surface area contributed by atoms with Gasteiger partial charge in [0.1, 0.15) is 12.1 Å². The molecule has 0 unspecified atom stereocenters. The van der Waals surface area contributed by atoms with Crippen LogP contribution in [0.5, 0.6) is 0 Å². The van der Waals surface area contributed by atoms with Crippen LogP contribution in [0.4, 0.5) is 11.5 Å². The molecule has 25 heavy (non-hydrogen) atoms. The second-order valence-electron chi connectivity index (χ2n) is 6.04. The third kappa shape index (κ3) is 4.33. The second-order valence-corrected chi connectivity index (χ2v) is 6.04. The Labute approximate surface area is 148 Å². The van der Waals surface area contributed by atoms with Crippen molar-refractivity contribution >= 4 is 11.5 Å². The highest BCUT2D eigenvalue weighted by atomic mass is 16.3. The summed E-state index contributed by atoms with van der Waals surface area (Å²) in [5, 5.41) is 13.4. The van der Waals surface area contributed by atoms with Crippen molar-refractivity contribution in [3.05, 3.63) is 72.6 Å². The Morgan fingerprint density at radius 2 is 1.72 bits per heavy atom. The Bertz CT molecular complexity index is 803. The maximum atomic E-state index is 10.2.